The third-order valence-electron chi connectivity index (χ3n) is 5.04. The summed E-state index contributed by atoms with van der Waals surface area (Å²) >= 11 is 0. The van der Waals surface area contributed by atoms with Gasteiger partial charge in [-0.2, -0.15) is 4.98 Å². The fourth-order valence-electron chi connectivity index (χ4n) is 3.80. The largest absolute Gasteiger partial charge is 0.375 e. The number of rotatable bonds is 5. The lowest BCUT2D eigenvalue weighted by Crippen LogP contribution is -2.30. The van der Waals surface area contributed by atoms with Crippen LogP contribution in [0.2, 0.25) is 0 Å². The number of nitrogens with two attached hydrogens (primary N) is 1. The summed E-state index contributed by atoms with van der Waals surface area (Å²) in [7, 11) is 3.78. The summed E-state index contributed by atoms with van der Waals surface area (Å²) in [6.45, 7) is 1.97. The Hall–Kier alpha value is -1.40. The summed E-state index contributed by atoms with van der Waals surface area (Å²) in [4.78, 5) is 11.2. The first kappa shape index (κ1) is 15.5. The van der Waals surface area contributed by atoms with E-state index in [4.69, 9.17) is 10.5 Å². The van der Waals surface area contributed by atoms with Gasteiger partial charge in [0, 0.05) is 32.3 Å². The van der Waals surface area contributed by atoms with E-state index in [-0.39, 0.29) is 6.10 Å². The number of hydrogen-bond acceptors (Lipinski definition) is 6. The molecule has 0 spiro atoms. The van der Waals surface area contributed by atoms with Crippen LogP contribution in [0.1, 0.15) is 43.9 Å². The Bertz CT molecular complexity index is 503. The monoisotopic (exact) mass is 305 g/mol. The highest BCUT2D eigenvalue weighted by Gasteiger charge is 2.29. The Kier molecular flexibility index (Phi) is 4.78. The molecule has 0 radical (unpaired) electrons. The molecule has 6 heteroatoms. The number of ether oxygens (including phenoxy) is 1. The third-order valence-corrected chi connectivity index (χ3v) is 5.04. The average Bonchev–Trinajstić information content (AvgIpc) is 3.19. The minimum Gasteiger partial charge on any atom is -0.375 e. The van der Waals surface area contributed by atoms with Gasteiger partial charge < -0.3 is 20.7 Å². The van der Waals surface area contributed by atoms with Crippen molar-refractivity contribution in [2.24, 2.45) is 5.92 Å². The maximum absolute atomic E-state index is 5.97. The van der Waals surface area contributed by atoms with E-state index < -0.39 is 0 Å². The molecule has 0 aromatic carbocycles. The van der Waals surface area contributed by atoms with Gasteiger partial charge in [0.25, 0.3) is 0 Å². The van der Waals surface area contributed by atoms with Crippen LogP contribution >= 0.6 is 0 Å². The first-order chi connectivity index (χ1) is 10.7. The Morgan fingerprint density at radius 3 is 2.73 bits per heavy atom. The van der Waals surface area contributed by atoms with Gasteiger partial charge in [-0.15, -0.1) is 0 Å². The zero-order valence-electron chi connectivity index (χ0n) is 13.6. The van der Waals surface area contributed by atoms with Gasteiger partial charge in [-0.1, -0.05) is 12.8 Å². The number of aromatic nitrogens is 2. The molecule has 3 rings (SSSR count). The van der Waals surface area contributed by atoms with Crippen LogP contribution < -0.4 is 16.0 Å². The summed E-state index contributed by atoms with van der Waals surface area (Å²) in [5.41, 5.74) is 6.90. The molecule has 2 fully saturated rings. The number of nitrogens with one attached hydrogen (secondary N) is 1. The Morgan fingerprint density at radius 2 is 2.09 bits per heavy atom. The summed E-state index contributed by atoms with van der Waals surface area (Å²) in [5.74, 6) is 1.83. The van der Waals surface area contributed by atoms with Gasteiger partial charge in [-0.3, -0.25) is 0 Å². The molecular weight excluding hydrogens is 278 g/mol. The Balaban J connectivity index is 1.82. The fourth-order valence-corrected chi connectivity index (χ4v) is 3.80. The van der Waals surface area contributed by atoms with Crippen LogP contribution in [-0.4, -0.2) is 43.3 Å². The van der Waals surface area contributed by atoms with E-state index in [0.29, 0.717) is 17.9 Å². The van der Waals surface area contributed by atoms with Crippen molar-refractivity contribution in [2.45, 2.75) is 44.2 Å². The predicted molar refractivity (Wildman–Crippen MR) is 87.8 cm³/mol. The molecule has 2 atom stereocenters. The van der Waals surface area contributed by atoms with Gasteiger partial charge in [0.15, 0.2) is 0 Å². The van der Waals surface area contributed by atoms with Crippen LogP contribution in [0.25, 0.3) is 0 Å². The van der Waals surface area contributed by atoms with E-state index in [2.05, 4.69) is 26.3 Å². The highest BCUT2D eigenvalue weighted by Crippen LogP contribution is 2.38. The van der Waals surface area contributed by atoms with Crippen LogP contribution in [0.3, 0.4) is 0 Å². The Morgan fingerprint density at radius 1 is 1.32 bits per heavy atom. The lowest BCUT2D eigenvalue weighted by Gasteiger charge is -2.24. The van der Waals surface area contributed by atoms with Crippen LogP contribution in [-0.2, 0) is 4.74 Å². The molecule has 1 unspecified atom stereocenters. The van der Waals surface area contributed by atoms with Crippen LogP contribution in [0.15, 0.2) is 6.07 Å². The van der Waals surface area contributed by atoms with Crippen molar-refractivity contribution < 1.29 is 4.74 Å². The molecule has 1 aliphatic heterocycles. The molecule has 0 bridgehead atoms. The average molecular weight is 305 g/mol. The van der Waals surface area contributed by atoms with Crippen LogP contribution in [0, 0.1) is 5.92 Å². The van der Waals surface area contributed by atoms with E-state index in [1.54, 1.807) is 7.11 Å². The summed E-state index contributed by atoms with van der Waals surface area (Å²) in [6, 6.07) is 2.59. The second-order valence-electron chi connectivity index (χ2n) is 6.43. The number of nitrogen functional groups attached to an aromatic ring is 1. The maximum atomic E-state index is 5.97. The molecule has 2 aliphatic rings. The molecule has 1 saturated heterocycles. The molecule has 1 aromatic heterocycles. The summed E-state index contributed by atoms with van der Waals surface area (Å²) in [6.07, 6.45) is 6.16. The highest BCUT2D eigenvalue weighted by atomic mass is 16.5. The van der Waals surface area contributed by atoms with Crippen LogP contribution in [0.4, 0.5) is 11.8 Å². The highest BCUT2D eigenvalue weighted by molar-refractivity contribution is 5.45. The van der Waals surface area contributed by atoms with E-state index in [9.17, 15) is 0 Å². The van der Waals surface area contributed by atoms with Gasteiger partial charge in [-0.25, -0.2) is 4.98 Å². The topological polar surface area (TPSA) is 76.3 Å². The molecule has 1 saturated carbocycles. The maximum Gasteiger partial charge on any atom is 0.222 e. The van der Waals surface area contributed by atoms with E-state index in [1.807, 2.05) is 7.05 Å². The second kappa shape index (κ2) is 6.79. The minimum atomic E-state index is 0.0363. The number of hydrogen-bond donors (Lipinski definition) is 2. The van der Waals surface area contributed by atoms with E-state index in [0.717, 1.165) is 31.0 Å². The van der Waals surface area contributed by atoms with Crippen molar-refractivity contribution in [3.63, 3.8) is 0 Å². The van der Waals surface area contributed by atoms with Crippen molar-refractivity contribution in [1.29, 1.82) is 0 Å². The molecule has 1 aromatic rings. The first-order valence-electron chi connectivity index (χ1n) is 8.30. The molecule has 22 heavy (non-hydrogen) atoms. The molecule has 122 valence electrons. The van der Waals surface area contributed by atoms with Crippen molar-refractivity contribution in [3.05, 3.63) is 11.8 Å². The van der Waals surface area contributed by atoms with E-state index in [1.165, 1.54) is 25.7 Å². The molecule has 2 heterocycles. The summed E-state index contributed by atoms with van der Waals surface area (Å²) < 4.78 is 5.76. The van der Waals surface area contributed by atoms with Gasteiger partial charge in [0.2, 0.25) is 5.95 Å². The van der Waals surface area contributed by atoms with Crippen molar-refractivity contribution >= 4 is 11.8 Å². The third kappa shape index (κ3) is 3.17. The van der Waals surface area contributed by atoms with Gasteiger partial charge >= 0.3 is 0 Å². The number of likely N-dealkylation sites (N-methyl/N-ethyl adjacent to an activating group) is 1. The number of methoxy groups -OCH3 is 1. The standard InChI is InChI=1S/C16H27N5O/c1-18-12-7-8-21(10-12)14-9-13(19-16(17)20-14)15(22-2)11-5-3-4-6-11/h9,11-12,15,18H,3-8,10H2,1-2H3,(H2,17,19,20)/t12-,15?/m1/s1. The smallest absolute Gasteiger partial charge is 0.222 e. The zero-order chi connectivity index (χ0) is 15.5. The Labute approximate surface area is 132 Å². The quantitative estimate of drug-likeness (QED) is 0.863. The van der Waals surface area contributed by atoms with Crippen molar-refractivity contribution in [2.75, 3.05) is 37.9 Å². The molecule has 0 amide bonds. The van der Waals surface area contributed by atoms with Gasteiger partial charge in [0.1, 0.15) is 11.9 Å². The van der Waals surface area contributed by atoms with Crippen molar-refractivity contribution in [1.82, 2.24) is 15.3 Å². The molecule has 1 aliphatic carbocycles. The van der Waals surface area contributed by atoms with Gasteiger partial charge in [-0.05, 0) is 32.2 Å². The fraction of sp³-hybridized carbons (Fsp3) is 0.750. The normalized spacial score (nSPS) is 24.1. The summed E-state index contributed by atoms with van der Waals surface area (Å²) in [5, 5.41) is 3.33. The van der Waals surface area contributed by atoms with Crippen LogP contribution in [0.5, 0.6) is 0 Å². The SMILES string of the molecule is CN[C@@H]1CCN(c2cc(C(OC)C3CCCC3)nc(N)n2)C1. The van der Waals surface area contributed by atoms with Crippen molar-refractivity contribution in [3.8, 4) is 0 Å². The lowest BCUT2D eigenvalue weighted by molar-refractivity contribution is 0.0503. The minimum absolute atomic E-state index is 0.0363. The number of nitrogens with zero attached hydrogens (tertiary/aromatic N) is 3. The van der Waals surface area contributed by atoms with Gasteiger partial charge in [0.05, 0.1) is 5.69 Å². The molecular formula is C16H27N5O. The second-order valence-corrected chi connectivity index (χ2v) is 6.43. The molecule has 6 nitrogen and oxygen atoms in total. The molecule has 3 N–H and O–H groups in total. The lowest BCUT2D eigenvalue weighted by atomic mass is 9.97. The predicted octanol–water partition coefficient (Wildman–Crippen LogP) is 1.73. The zero-order valence-corrected chi connectivity index (χ0v) is 13.6. The first-order valence-corrected chi connectivity index (χ1v) is 8.30. The van der Waals surface area contributed by atoms with E-state index >= 15 is 0 Å². The number of anilines is 2.